The number of sulfonamides is 1. The molecule has 0 atom stereocenters. The maximum absolute atomic E-state index is 13.2. The lowest BCUT2D eigenvalue weighted by Gasteiger charge is -2.22. The van der Waals surface area contributed by atoms with Crippen LogP contribution in [0.5, 0.6) is 0 Å². The zero-order valence-corrected chi connectivity index (χ0v) is 16.8. The molecule has 1 aliphatic rings. The molecule has 0 saturated carbocycles. The fourth-order valence-electron chi connectivity index (χ4n) is 3.22. The smallest absolute Gasteiger partial charge is 0.271 e. The Kier molecular flexibility index (Phi) is 5.67. The van der Waals surface area contributed by atoms with E-state index in [1.54, 1.807) is 28.8 Å². The van der Waals surface area contributed by atoms with Crippen LogP contribution in [0.1, 0.15) is 49.8 Å². The van der Waals surface area contributed by atoms with E-state index < -0.39 is 10.0 Å². The van der Waals surface area contributed by atoms with Gasteiger partial charge in [0.05, 0.1) is 17.9 Å². The van der Waals surface area contributed by atoms with E-state index >= 15 is 0 Å². The molecule has 0 unspecified atom stereocenters. The molecule has 0 aliphatic carbocycles. The fraction of sp³-hybridized carbons (Fsp3) is 0.474. The Labute approximate surface area is 160 Å². The second-order valence-corrected chi connectivity index (χ2v) is 9.08. The summed E-state index contributed by atoms with van der Waals surface area (Å²) in [5.41, 5.74) is 1.41. The van der Waals surface area contributed by atoms with Gasteiger partial charge in [-0.1, -0.05) is 39.3 Å². The molecule has 0 spiro atoms. The second kappa shape index (κ2) is 7.82. The number of hydrogen-bond donors (Lipinski definition) is 1. The molecule has 1 aliphatic heterocycles. The first-order valence-electron chi connectivity index (χ1n) is 9.30. The highest BCUT2D eigenvalue weighted by Gasteiger charge is 2.34. The third kappa shape index (κ3) is 3.77. The minimum absolute atomic E-state index is 0.117. The summed E-state index contributed by atoms with van der Waals surface area (Å²) in [5.74, 6) is -0.110. The Balaban J connectivity index is 2.09. The van der Waals surface area contributed by atoms with Gasteiger partial charge < -0.3 is 5.32 Å². The SMILES string of the molecule is CCCCNC(=O)c1ncn2c1CN(CC(C)C)S(=O)(=O)c1ccccc1-2. The molecule has 2 aromatic rings. The van der Waals surface area contributed by atoms with Gasteiger partial charge in [-0.2, -0.15) is 4.31 Å². The molecule has 1 amide bonds. The van der Waals surface area contributed by atoms with Crippen LogP contribution in [-0.4, -0.2) is 41.3 Å². The molecule has 1 aromatic heterocycles. The zero-order chi connectivity index (χ0) is 19.6. The number of nitrogens with zero attached hydrogens (tertiary/aromatic N) is 3. The number of aromatic nitrogens is 2. The monoisotopic (exact) mass is 390 g/mol. The average Bonchev–Trinajstić information content (AvgIpc) is 3.01. The van der Waals surface area contributed by atoms with E-state index in [0.717, 1.165) is 12.8 Å². The molecule has 1 N–H and O–H groups in total. The van der Waals surface area contributed by atoms with Crippen LogP contribution >= 0.6 is 0 Å². The summed E-state index contributed by atoms with van der Waals surface area (Å²) in [6.07, 6.45) is 3.41. The topological polar surface area (TPSA) is 84.3 Å². The normalized spacial score (nSPS) is 15.9. The minimum atomic E-state index is -3.66. The Morgan fingerprint density at radius 1 is 1.30 bits per heavy atom. The highest BCUT2D eigenvalue weighted by Crippen LogP contribution is 2.31. The summed E-state index contributed by atoms with van der Waals surface area (Å²) in [4.78, 5) is 17.2. The number of imidazole rings is 1. The van der Waals surface area contributed by atoms with Crippen LogP contribution in [-0.2, 0) is 16.6 Å². The number of amides is 1. The van der Waals surface area contributed by atoms with Gasteiger partial charge in [0.1, 0.15) is 11.2 Å². The summed E-state index contributed by atoms with van der Waals surface area (Å²) in [7, 11) is -3.66. The number of para-hydroxylation sites is 1. The predicted molar refractivity (Wildman–Crippen MR) is 103 cm³/mol. The second-order valence-electron chi connectivity index (χ2n) is 7.18. The van der Waals surface area contributed by atoms with Crippen molar-refractivity contribution in [2.75, 3.05) is 13.1 Å². The highest BCUT2D eigenvalue weighted by atomic mass is 32.2. The third-order valence-electron chi connectivity index (χ3n) is 4.53. The molecule has 0 saturated heterocycles. The number of hydrogen-bond acceptors (Lipinski definition) is 4. The largest absolute Gasteiger partial charge is 0.351 e. The Morgan fingerprint density at radius 2 is 2.04 bits per heavy atom. The minimum Gasteiger partial charge on any atom is -0.351 e. The molecule has 146 valence electrons. The third-order valence-corrected chi connectivity index (χ3v) is 6.39. The van der Waals surface area contributed by atoms with Crippen molar-refractivity contribution in [1.82, 2.24) is 19.2 Å². The van der Waals surface area contributed by atoms with Gasteiger partial charge in [-0.05, 0) is 24.5 Å². The average molecular weight is 391 g/mol. The number of carbonyl (C=O) groups is 1. The van der Waals surface area contributed by atoms with Crippen LogP contribution in [0.25, 0.3) is 5.69 Å². The van der Waals surface area contributed by atoms with Crippen molar-refractivity contribution in [3.8, 4) is 5.69 Å². The van der Waals surface area contributed by atoms with Gasteiger partial charge in [-0.25, -0.2) is 13.4 Å². The van der Waals surface area contributed by atoms with E-state index in [4.69, 9.17) is 0 Å². The van der Waals surface area contributed by atoms with Gasteiger partial charge in [0, 0.05) is 13.1 Å². The Hall–Kier alpha value is -2.19. The van der Waals surface area contributed by atoms with Crippen LogP contribution < -0.4 is 5.32 Å². The van der Waals surface area contributed by atoms with Gasteiger partial charge in [0.2, 0.25) is 10.0 Å². The number of benzene rings is 1. The number of nitrogens with one attached hydrogen (secondary N) is 1. The van der Waals surface area contributed by atoms with Gasteiger partial charge in [0.15, 0.2) is 5.69 Å². The van der Waals surface area contributed by atoms with E-state index in [-0.39, 0.29) is 29.0 Å². The molecule has 27 heavy (non-hydrogen) atoms. The van der Waals surface area contributed by atoms with Crippen molar-refractivity contribution in [2.45, 2.75) is 45.1 Å². The van der Waals surface area contributed by atoms with Crippen LogP contribution in [0.4, 0.5) is 0 Å². The zero-order valence-electron chi connectivity index (χ0n) is 16.0. The maximum atomic E-state index is 13.2. The van der Waals surface area contributed by atoms with Crippen molar-refractivity contribution in [2.24, 2.45) is 5.92 Å². The van der Waals surface area contributed by atoms with Crippen LogP contribution in [0.3, 0.4) is 0 Å². The molecular weight excluding hydrogens is 364 g/mol. The lowest BCUT2D eigenvalue weighted by atomic mass is 10.2. The summed E-state index contributed by atoms with van der Waals surface area (Å²) in [6.45, 7) is 7.07. The van der Waals surface area contributed by atoms with E-state index in [1.807, 2.05) is 13.8 Å². The van der Waals surface area contributed by atoms with E-state index in [1.165, 1.54) is 10.6 Å². The summed E-state index contributed by atoms with van der Waals surface area (Å²) in [5, 5.41) is 2.87. The van der Waals surface area contributed by atoms with Crippen molar-refractivity contribution in [1.29, 1.82) is 0 Å². The number of unbranched alkanes of at least 4 members (excludes halogenated alkanes) is 1. The van der Waals surface area contributed by atoms with Gasteiger partial charge in [0.25, 0.3) is 5.91 Å². The molecule has 0 bridgehead atoms. The highest BCUT2D eigenvalue weighted by molar-refractivity contribution is 7.89. The first-order chi connectivity index (χ1) is 12.9. The summed E-state index contributed by atoms with van der Waals surface area (Å²) < 4.78 is 29.6. The Bertz CT molecular complexity index is 934. The molecule has 0 fully saturated rings. The molecule has 7 nitrogen and oxygen atoms in total. The first-order valence-corrected chi connectivity index (χ1v) is 10.7. The van der Waals surface area contributed by atoms with Gasteiger partial charge in [-0.3, -0.25) is 9.36 Å². The molecule has 3 rings (SSSR count). The van der Waals surface area contributed by atoms with E-state index in [9.17, 15) is 13.2 Å². The Morgan fingerprint density at radius 3 is 2.74 bits per heavy atom. The number of rotatable bonds is 6. The van der Waals surface area contributed by atoms with E-state index in [2.05, 4.69) is 17.2 Å². The quantitative estimate of drug-likeness (QED) is 0.769. The molecule has 2 heterocycles. The molecule has 8 heteroatoms. The van der Waals surface area contributed by atoms with Crippen molar-refractivity contribution >= 4 is 15.9 Å². The first kappa shape index (κ1) is 19.6. The van der Waals surface area contributed by atoms with Crippen molar-refractivity contribution < 1.29 is 13.2 Å². The fourth-order valence-corrected chi connectivity index (χ4v) is 4.97. The number of carbonyl (C=O) groups excluding carboxylic acids is 1. The number of fused-ring (bicyclic) bond motifs is 3. The molecule has 1 aromatic carbocycles. The van der Waals surface area contributed by atoms with Crippen LogP contribution in [0, 0.1) is 5.92 Å². The van der Waals surface area contributed by atoms with Crippen molar-refractivity contribution in [3.05, 3.63) is 42.0 Å². The van der Waals surface area contributed by atoms with Gasteiger partial charge >= 0.3 is 0 Å². The summed E-state index contributed by atoms with van der Waals surface area (Å²) in [6, 6.07) is 6.85. The van der Waals surface area contributed by atoms with Crippen LogP contribution in [0.2, 0.25) is 0 Å². The van der Waals surface area contributed by atoms with Crippen molar-refractivity contribution in [3.63, 3.8) is 0 Å². The standard InChI is InChI=1S/C19H26N4O3S/c1-4-5-10-20-19(24)18-16-12-22(11-14(2)3)27(25,26)17-9-7-6-8-15(17)23(16)13-21-18/h6-9,13-14H,4-5,10-12H2,1-3H3,(H,20,24). The maximum Gasteiger partial charge on any atom is 0.271 e. The summed E-state index contributed by atoms with van der Waals surface area (Å²) >= 11 is 0. The predicted octanol–water partition coefficient (Wildman–Crippen LogP) is 2.56. The lowest BCUT2D eigenvalue weighted by molar-refractivity contribution is 0.0947. The lowest BCUT2D eigenvalue weighted by Crippen LogP contribution is -2.34. The van der Waals surface area contributed by atoms with Crippen LogP contribution in [0.15, 0.2) is 35.5 Å². The van der Waals surface area contributed by atoms with E-state index in [0.29, 0.717) is 24.5 Å². The molecular formula is C19H26N4O3S. The molecule has 0 radical (unpaired) electrons. The van der Waals surface area contributed by atoms with Gasteiger partial charge in [-0.15, -0.1) is 0 Å².